The Kier molecular flexibility index (Phi) is 6.74. The first-order valence-electron chi connectivity index (χ1n) is 8.60. The summed E-state index contributed by atoms with van der Waals surface area (Å²) >= 11 is 12.4. The van der Waals surface area contributed by atoms with Crippen molar-refractivity contribution in [2.45, 2.75) is 13.2 Å². The van der Waals surface area contributed by atoms with E-state index in [-0.39, 0.29) is 6.03 Å². The average Bonchev–Trinajstić information content (AvgIpc) is 2.70. The van der Waals surface area contributed by atoms with Crippen LogP contribution in [0, 0.1) is 0 Å². The minimum absolute atomic E-state index is 0.266. The zero-order chi connectivity index (χ0) is 19.9. The smallest absolute Gasteiger partial charge is 0.321 e. The van der Waals surface area contributed by atoms with Gasteiger partial charge < -0.3 is 15.0 Å². The van der Waals surface area contributed by atoms with Gasteiger partial charge in [-0.3, -0.25) is 4.98 Å². The number of carbonyl (C=O) groups excluding carboxylic acids is 1. The molecule has 7 heteroatoms. The van der Waals surface area contributed by atoms with Crippen molar-refractivity contribution in [1.82, 2.24) is 9.88 Å². The summed E-state index contributed by atoms with van der Waals surface area (Å²) in [4.78, 5) is 18.2. The van der Waals surface area contributed by atoms with Crippen molar-refractivity contribution in [3.05, 3.63) is 88.2 Å². The van der Waals surface area contributed by atoms with E-state index in [2.05, 4.69) is 10.3 Å². The molecule has 5 nitrogen and oxygen atoms in total. The van der Waals surface area contributed by atoms with Crippen LogP contribution in [0.15, 0.2) is 66.9 Å². The Labute approximate surface area is 173 Å². The number of carbonyl (C=O) groups is 1. The first-order valence-corrected chi connectivity index (χ1v) is 9.36. The van der Waals surface area contributed by atoms with E-state index in [0.29, 0.717) is 34.6 Å². The number of nitrogens with one attached hydrogen (secondary N) is 1. The predicted molar refractivity (Wildman–Crippen MR) is 112 cm³/mol. The summed E-state index contributed by atoms with van der Waals surface area (Å²) in [6.45, 7) is 0.706. The van der Waals surface area contributed by atoms with E-state index in [4.69, 9.17) is 27.9 Å². The van der Waals surface area contributed by atoms with Crippen LogP contribution in [0.4, 0.5) is 10.5 Å². The van der Waals surface area contributed by atoms with Crippen molar-refractivity contribution in [2.75, 3.05) is 12.4 Å². The largest absolute Gasteiger partial charge is 0.486 e. The molecular weight excluding hydrogens is 397 g/mol. The van der Waals surface area contributed by atoms with E-state index in [1.54, 1.807) is 42.4 Å². The highest BCUT2D eigenvalue weighted by Gasteiger charge is 2.12. The Morgan fingerprint density at radius 2 is 1.86 bits per heavy atom. The highest BCUT2D eigenvalue weighted by atomic mass is 35.5. The molecule has 1 N–H and O–H groups in total. The first kappa shape index (κ1) is 20.0. The fraction of sp³-hybridized carbons (Fsp3) is 0.143. The summed E-state index contributed by atoms with van der Waals surface area (Å²) in [5.74, 6) is 0.523. The molecular formula is C21H19Cl2N3O2. The number of halogens is 2. The highest BCUT2D eigenvalue weighted by Crippen LogP contribution is 2.28. The number of nitrogens with zero attached hydrogens (tertiary/aromatic N) is 2. The van der Waals surface area contributed by atoms with E-state index in [1.807, 2.05) is 36.4 Å². The number of amides is 2. The summed E-state index contributed by atoms with van der Waals surface area (Å²) in [6, 6.07) is 17.9. The molecule has 1 aromatic heterocycles. The molecule has 0 unspecified atom stereocenters. The van der Waals surface area contributed by atoms with Gasteiger partial charge in [-0.25, -0.2) is 4.79 Å². The molecule has 0 aliphatic carbocycles. The van der Waals surface area contributed by atoms with E-state index in [1.165, 1.54) is 0 Å². The summed E-state index contributed by atoms with van der Waals surface area (Å²) in [7, 11) is 1.70. The number of rotatable bonds is 6. The zero-order valence-electron chi connectivity index (χ0n) is 15.2. The molecule has 3 aromatic rings. The first-order chi connectivity index (χ1) is 13.5. The topological polar surface area (TPSA) is 54.5 Å². The van der Waals surface area contributed by atoms with Gasteiger partial charge in [0.05, 0.1) is 10.7 Å². The van der Waals surface area contributed by atoms with Crippen LogP contribution in [0.2, 0.25) is 10.0 Å². The quantitative estimate of drug-likeness (QED) is 0.567. The maximum absolute atomic E-state index is 12.4. The van der Waals surface area contributed by atoms with Crippen LogP contribution in [-0.4, -0.2) is 23.0 Å². The fourth-order valence-electron chi connectivity index (χ4n) is 2.50. The van der Waals surface area contributed by atoms with Crippen molar-refractivity contribution >= 4 is 34.9 Å². The molecule has 2 amide bonds. The molecule has 0 saturated heterocycles. The lowest BCUT2D eigenvalue weighted by Gasteiger charge is -2.19. The molecule has 0 aliphatic rings. The van der Waals surface area contributed by atoms with Crippen LogP contribution in [0.1, 0.15) is 11.3 Å². The van der Waals surface area contributed by atoms with Gasteiger partial charge in [0.15, 0.2) is 0 Å². The lowest BCUT2D eigenvalue weighted by atomic mass is 10.2. The van der Waals surface area contributed by atoms with Crippen molar-refractivity contribution in [3.8, 4) is 5.75 Å². The Balaban J connectivity index is 1.58. The number of ether oxygens (including phenoxy) is 1. The van der Waals surface area contributed by atoms with Gasteiger partial charge in [0.1, 0.15) is 12.4 Å². The van der Waals surface area contributed by atoms with E-state index in [9.17, 15) is 4.79 Å². The average molecular weight is 416 g/mol. The molecule has 0 radical (unpaired) electrons. The second kappa shape index (κ2) is 9.44. The highest BCUT2D eigenvalue weighted by molar-refractivity contribution is 6.32. The maximum Gasteiger partial charge on any atom is 0.321 e. The van der Waals surface area contributed by atoms with Crippen molar-refractivity contribution in [2.24, 2.45) is 0 Å². The monoisotopic (exact) mass is 415 g/mol. The van der Waals surface area contributed by atoms with Gasteiger partial charge in [-0.05, 0) is 42.0 Å². The van der Waals surface area contributed by atoms with Crippen LogP contribution in [-0.2, 0) is 13.2 Å². The second-order valence-electron chi connectivity index (χ2n) is 6.13. The molecule has 28 heavy (non-hydrogen) atoms. The standard InChI is InChI=1S/C21H19Cl2N3O2/c1-26(13-15-6-2-3-8-18(15)22)21(27)25-16-9-10-20(19(23)12-16)28-14-17-7-4-5-11-24-17/h2-12H,13-14H2,1H3,(H,25,27). The molecule has 0 bridgehead atoms. The van der Waals surface area contributed by atoms with Crippen LogP contribution in [0.3, 0.4) is 0 Å². The Morgan fingerprint density at radius 1 is 1.07 bits per heavy atom. The molecule has 0 aliphatic heterocycles. The van der Waals surface area contributed by atoms with Crippen molar-refractivity contribution < 1.29 is 9.53 Å². The summed E-state index contributed by atoms with van der Waals surface area (Å²) < 4.78 is 5.69. The Bertz CT molecular complexity index is 951. The van der Waals surface area contributed by atoms with Gasteiger partial charge in [0, 0.05) is 30.5 Å². The Hall–Kier alpha value is -2.76. The van der Waals surface area contributed by atoms with Crippen LogP contribution < -0.4 is 10.1 Å². The lowest BCUT2D eigenvalue weighted by molar-refractivity contribution is 0.220. The summed E-state index contributed by atoms with van der Waals surface area (Å²) in [5, 5.41) is 3.84. The lowest BCUT2D eigenvalue weighted by Crippen LogP contribution is -2.30. The summed E-state index contributed by atoms with van der Waals surface area (Å²) in [5.41, 5.74) is 2.25. The minimum atomic E-state index is -0.266. The number of pyridine rings is 1. The van der Waals surface area contributed by atoms with Gasteiger partial charge >= 0.3 is 6.03 Å². The van der Waals surface area contributed by atoms with Gasteiger partial charge in [-0.2, -0.15) is 0 Å². The van der Waals surface area contributed by atoms with Crippen molar-refractivity contribution in [3.63, 3.8) is 0 Å². The van der Waals surface area contributed by atoms with Gasteiger partial charge in [0.2, 0.25) is 0 Å². The number of hydrogen-bond donors (Lipinski definition) is 1. The summed E-state index contributed by atoms with van der Waals surface area (Å²) in [6.07, 6.45) is 1.71. The third-order valence-corrected chi connectivity index (χ3v) is 4.66. The van der Waals surface area contributed by atoms with Crippen LogP contribution in [0.25, 0.3) is 0 Å². The maximum atomic E-state index is 12.4. The second-order valence-corrected chi connectivity index (χ2v) is 6.95. The molecule has 0 spiro atoms. The zero-order valence-corrected chi connectivity index (χ0v) is 16.7. The number of anilines is 1. The molecule has 0 fully saturated rings. The van der Waals surface area contributed by atoms with E-state index >= 15 is 0 Å². The van der Waals surface area contributed by atoms with Crippen LogP contribution >= 0.6 is 23.2 Å². The number of urea groups is 1. The molecule has 0 saturated carbocycles. The Morgan fingerprint density at radius 3 is 2.57 bits per heavy atom. The third kappa shape index (κ3) is 5.38. The van der Waals surface area contributed by atoms with Gasteiger partial charge in [0.25, 0.3) is 0 Å². The molecule has 0 atom stereocenters. The number of hydrogen-bond acceptors (Lipinski definition) is 3. The number of benzene rings is 2. The molecule has 144 valence electrons. The predicted octanol–water partition coefficient (Wildman–Crippen LogP) is 5.63. The number of aromatic nitrogens is 1. The van der Waals surface area contributed by atoms with Crippen LogP contribution in [0.5, 0.6) is 5.75 Å². The molecule has 1 heterocycles. The third-order valence-electron chi connectivity index (χ3n) is 4.00. The van der Waals surface area contributed by atoms with Gasteiger partial charge in [-0.15, -0.1) is 0 Å². The fourth-order valence-corrected chi connectivity index (χ4v) is 2.93. The normalized spacial score (nSPS) is 10.4. The van der Waals surface area contributed by atoms with Gasteiger partial charge in [-0.1, -0.05) is 47.5 Å². The van der Waals surface area contributed by atoms with E-state index in [0.717, 1.165) is 11.3 Å². The minimum Gasteiger partial charge on any atom is -0.486 e. The molecule has 2 aromatic carbocycles. The van der Waals surface area contributed by atoms with Crippen molar-refractivity contribution in [1.29, 1.82) is 0 Å². The molecule has 3 rings (SSSR count). The van der Waals surface area contributed by atoms with E-state index < -0.39 is 0 Å². The SMILES string of the molecule is CN(Cc1ccccc1Cl)C(=O)Nc1ccc(OCc2ccccn2)c(Cl)c1.